The third-order valence-electron chi connectivity index (χ3n) is 5.05. The van der Waals surface area contributed by atoms with E-state index in [0.717, 1.165) is 0 Å². The third kappa shape index (κ3) is 5.85. The molecular formula is C18H30N2O7S2. The van der Waals surface area contributed by atoms with Gasteiger partial charge in [0.1, 0.15) is 17.4 Å². The highest BCUT2D eigenvalue weighted by molar-refractivity contribution is 8.00. The molecule has 29 heavy (non-hydrogen) atoms. The summed E-state index contributed by atoms with van der Waals surface area (Å²) in [5.74, 6) is -0.502. The van der Waals surface area contributed by atoms with Gasteiger partial charge in [-0.15, -0.1) is 0 Å². The number of esters is 1. The zero-order valence-corrected chi connectivity index (χ0v) is 19.2. The zero-order valence-electron chi connectivity index (χ0n) is 17.5. The highest BCUT2D eigenvalue weighted by Gasteiger charge is 2.55. The zero-order chi connectivity index (χ0) is 22.0. The summed E-state index contributed by atoms with van der Waals surface area (Å²) in [6, 6.07) is -0.970. The van der Waals surface area contributed by atoms with Crippen molar-refractivity contribution >= 4 is 39.6 Å². The van der Waals surface area contributed by atoms with Crippen LogP contribution in [0.5, 0.6) is 0 Å². The van der Waals surface area contributed by atoms with Gasteiger partial charge in [0.05, 0.1) is 12.9 Å². The minimum Gasteiger partial charge on any atom is -0.467 e. The van der Waals surface area contributed by atoms with E-state index < -0.39 is 38.5 Å². The van der Waals surface area contributed by atoms with Crippen molar-refractivity contribution in [2.75, 3.05) is 31.7 Å². The maximum Gasteiger partial charge on any atom is 0.408 e. The number of hydrogen-bond donors (Lipinski definition) is 1. The molecule has 1 saturated heterocycles. The highest BCUT2D eigenvalue weighted by Crippen LogP contribution is 2.50. The molecule has 0 bridgehead atoms. The quantitative estimate of drug-likeness (QED) is 0.574. The Morgan fingerprint density at radius 2 is 2.03 bits per heavy atom. The van der Waals surface area contributed by atoms with Crippen LogP contribution in [-0.4, -0.2) is 78.7 Å². The molecule has 9 nitrogen and oxygen atoms in total. The molecule has 0 aromatic rings. The number of carbonyl (C=O) groups excluding carboxylic acids is 3. The Balaban J connectivity index is 2.12. The lowest BCUT2D eigenvalue weighted by Crippen LogP contribution is -2.46. The van der Waals surface area contributed by atoms with Gasteiger partial charge < -0.3 is 14.8 Å². The fraction of sp³-hybridized carbons (Fsp3) is 0.833. The van der Waals surface area contributed by atoms with Crippen LogP contribution in [0.4, 0.5) is 4.79 Å². The number of rotatable bonds is 7. The summed E-state index contributed by atoms with van der Waals surface area (Å²) < 4.78 is 35.5. The van der Waals surface area contributed by atoms with Crippen LogP contribution in [0.2, 0.25) is 0 Å². The van der Waals surface area contributed by atoms with Gasteiger partial charge in [-0.25, -0.2) is 22.3 Å². The predicted molar refractivity (Wildman–Crippen MR) is 109 cm³/mol. The van der Waals surface area contributed by atoms with E-state index in [1.54, 1.807) is 27.7 Å². The number of amides is 1. The van der Waals surface area contributed by atoms with Crippen molar-refractivity contribution in [1.29, 1.82) is 0 Å². The van der Waals surface area contributed by atoms with Gasteiger partial charge in [0.25, 0.3) is 0 Å². The molecule has 3 atom stereocenters. The van der Waals surface area contributed by atoms with E-state index in [9.17, 15) is 22.8 Å². The number of carbonyl (C=O) groups is 3. The molecule has 2 fully saturated rings. The molecule has 1 saturated carbocycles. The van der Waals surface area contributed by atoms with Crippen LogP contribution in [0.3, 0.4) is 0 Å². The van der Waals surface area contributed by atoms with Crippen molar-refractivity contribution in [3.63, 3.8) is 0 Å². The molecule has 0 spiro atoms. The number of ether oxygens (including phenoxy) is 2. The number of sulfonamides is 1. The molecule has 0 aromatic heterocycles. The van der Waals surface area contributed by atoms with Gasteiger partial charge in [0.15, 0.2) is 0 Å². The lowest BCUT2D eigenvalue weighted by Gasteiger charge is -2.29. The number of hydrogen-bond acceptors (Lipinski definition) is 8. The molecule has 166 valence electrons. The van der Waals surface area contributed by atoms with Gasteiger partial charge in [-0.1, -0.05) is 0 Å². The van der Waals surface area contributed by atoms with Gasteiger partial charge in [-0.2, -0.15) is 11.8 Å². The van der Waals surface area contributed by atoms with E-state index in [0.29, 0.717) is 13.0 Å². The van der Waals surface area contributed by atoms with E-state index >= 15 is 0 Å². The fourth-order valence-electron chi connectivity index (χ4n) is 3.65. The van der Waals surface area contributed by atoms with Crippen molar-refractivity contribution < 1.29 is 32.3 Å². The Morgan fingerprint density at radius 3 is 2.59 bits per heavy atom. The molecule has 1 aliphatic carbocycles. The van der Waals surface area contributed by atoms with Crippen molar-refractivity contribution in [1.82, 2.24) is 9.62 Å². The van der Waals surface area contributed by atoms with Crippen LogP contribution in [0, 0.1) is 5.92 Å². The topological polar surface area (TPSA) is 119 Å². The van der Waals surface area contributed by atoms with Gasteiger partial charge in [-0.3, -0.25) is 4.79 Å². The fourth-order valence-corrected chi connectivity index (χ4v) is 6.56. The van der Waals surface area contributed by atoms with E-state index in [-0.39, 0.29) is 36.2 Å². The van der Waals surface area contributed by atoms with Crippen LogP contribution < -0.4 is 5.32 Å². The Hall–Kier alpha value is -1.33. The molecule has 0 aromatic carbocycles. The summed E-state index contributed by atoms with van der Waals surface area (Å²) in [5, 5.41) is 2.52. The smallest absolute Gasteiger partial charge is 0.408 e. The summed E-state index contributed by atoms with van der Waals surface area (Å²) in [5.41, 5.74) is -0.722. The van der Waals surface area contributed by atoms with Crippen LogP contribution in [0.25, 0.3) is 0 Å². The first-order valence-corrected chi connectivity index (χ1v) is 12.1. The Bertz CT molecular complexity index is 763. The number of fused-ring (bicyclic) bond motifs is 1. The average molecular weight is 451 g/mol. The molecule has 0 radical (unpaired) electrons. The Labute approximate surface area is 176 Å². The largest absolute Gasteiger partial charge is 0.467 e. The van der Waals surface area contributed by atoms with Crippen LogP contribution in [0.15, 0.2) is 0 Å². The number of ketones is 1. The molecule has 2 unspecified atom stereocenters. The van der Waals surface area contributed by atoms with Crippen LogP contribution >= 0.6 is 11.8 Å². The average Bonchev–Trinajstić information content (AvgIpc) is 3.09. The Morgan fingerprint density at radius 1 is 1.38 bits per heavy atom. The number of methoxy groups -OCH3 is 1. The lowest BCUT2D eigenvalue weighted by molar-refractivity contribution is -0.142. The summed E-state index contributed by atoms with van der Waals surface area (Å²) in [7, 11) is -2.14. The molecule has 1 N–H and O–H groups in total. The predicted octanol–water partition coefficient (Wildman–Crippen LogP) is 1.17. The van der Waals surface area contributed by atoms with E-state index in [1.165, 1.54) is 23.2 Å². The Kier molecular flexibility index (Phi) is 7.27. The summed E-state index contributed by atoms with van der Waals surface area (Å²) >= 11 is 1.35. The number of nitrogens with one attached hydrogen (secondary N) is 1. The van der Waals surface area contributed by atoms with E-state index in [1.807, 2.05) is 0 Å². The standard InChI is InChI=1S/C18H30N2O7S2/c1-6-29(24,25)20-9-12-7-13(21)8-18(12,11-20)28-10-14(15(22)26-5)19-16(23)27-17(2,3)4/h12,14H,6-11H2,1-5H3,(H,19,23)/t12?,14-,18?/m0/s1. The minimum atomic E-state index is -3.37. The van der Waals surface area contributed by atoms with Crippen LogP contribution in [0.1, 0.15) is 40.5 Å². The first kappa shape index (κ1) is 23.9. The van der Waals surface area contributed by atoms with Crippen molar-refractivity contribution in [3.05, 3.63) is 0 Å². The highest BCUT2D eigenvalue weighted by atomic mass is 32.2. The second kappa shape index (κ2) is 8.81. The number of alkyl carbamates (subject to hydrolysis) is 1. The number of thioether (sulfide) groups is 1. The molecule has 1 heterocycles. The van der Waals surface area contributed by atoms with Crippen molar-refractivity contribution in [2.45, 2.75) is 56.9 Å². The van der Waals surface area contributed by atoms with Crippen LogP contribution in [-0.2, 0) is 29.1 Å². The SMILES string of the molecule is CCS(=O)(=O)N1CC2CC(=O)CC2(SC[C@H](NC(=O)OC(C)(C)C)C(=O)OC)C1. The molecule has 2 aliphatic rings. The summed E-state index contributed by atoms with van der Waals surface area (Å²) in [6.07, 6.45) is -0.171. The monoisotopic (exact) mass is 450 g/mol. The van der Waals surface area contributed by atoms with Gasteiger partial charge in [-0.05, 0) is 33.6 Å². The third-order valence-corrected chi connectivity index (χ3v) is 8.53. The maximum absolute atomic E-state index is 12.3. The lowest BCUT2D eigenvalue weighted by atomic mass is 10.00. The first-order chi connectivity index (χ1) is 13.3. The van der Waals surface area contributed by atoms with Gasteiger partial charge in [0, 0.05) is 36.4 Å². The number of nitrogens with zero attached hydrogens (tertiary/aromatic N) is 1. The second-order valence-corrected chi connectivity index (χ2v) is 12.1. The van der Waals surface area contributed by atoms with Gasteiger partial charge >= 0.3 is 12.1 Å². The van der Waals surface area contributed by atoms with E-state index in [2.05, 4.69) is 5.32 Å². The molecule has 1 aliphatic heterocycles. The van der Waals surface area contributed by atoms with E-state index in [4.69, 9.17) is 9.47 Å². The molecule has 1 amide bonds. The summed E-state index contributed by atoms with van der Waals surface area (Å²) in [4.78, 5) is 36.4. The molecule has 2 rings (SSSR count). The normalized spacial score (nSPS) is 26.1. The van der Waals surface area contributed by atoms with Crippen molar-refractivity contribution in [3.8, 4) is 0 Å². The summed E-state index contributed by atoms with van der Waals surface area (Å²) in [6.45, 7) is 7.25. The second-order valence-electron chi connectivity index (χ2n) is 8.41. The van der Waals surface area contributed by atoms with Crippen molar-refractivity contribution in [2.24, 2.45) is 5.92 Å². The molecular weight excluding hydrogens is 420 g/mol. The minimum absolute atomic E-state index is 0.000597. The number of Topliss-reactive ketones (excluding diaryl/α,β-unsaturated/α-hetero) is 1. The molecule has 11 heteroatoms. The van der Waals surface area contributed by atoms with Gasteiger partial charge in [0.2, 0.25) is 10.0 Å². The first-order valence-electron chi connectivity index (χ1n) is 9.52. The maximum atomic E-state index is 12.3.